The molecule has 0 aliphatic heterocycles. The minimum Gasteiger partial charge on any atom is -0.461 e. The van der Waals surface area contributed by atoms with Crippen molar-refractivity contribution < 1.29 is 14.6 Å². The zero-order chi connectivity index (χ0) is 12.9. The summed E-state index contributed by atoms with van der Waals surface area (Å²) in [6, 6.07) is 9.16. The normalized spacial score (nSPS) is 13.2. The molecule has 0 saturated carbocycles. The molecule has 1 aromatic rings. The monoisotopic (exact) mass is 296 g/mol. The largest absolute Gasteiger partial charge is 0.461 e. The first-order chi connectivity index (χ1) is 7.89. The third-order valence-electron chi connectivity index (χ3n) is 1.98. The van der Waals surface area contributed by atoms with Gasteiger partial charge in [0.1, 0.15) is 12.7 Å². The predicted molar refractivity (Wildman–Crippen MR) is 67.2 cm³/mol. The molecule has 0 spiro atoms. The molecule has 3 nitrogen and oxygen atoms in total. The number of hydrogen-bond donors (Lipinski definition) is 1. The molecular weight excluding hydrogens is 286 g/mol. The summed E-state index contributed by atoms with van der Waals surface area (Å²) in [5.41, 5.74) is 0.851. The van der Waals surface area contributed by atoms with E-state index in [1.54, 1.807) is 0 Å². The number of aliphatic hydroxyl groups excluding tert-OH is 1. The van der Waals surface area contributed by atoms with Crippen molar-refractivity contribution in [2.45, 2.75) is 22.9 Å². The molecule has 0 aliphatic rings. The average Bonchev–Trinajstić information content (AvgIpc) is 2.26. The number of esters is 1. The van der Waals surface area contributed by atoms with E-state index in [1.165, 1.54) is 0 Å². The molecule has 94 valence electrons. The van der Waals surface area contributed by atoms with Gasteiger partial charge in [0.25, 0.3) is 0 Å². The van der Waals surface area contributed by atoms with Crippen LogP contribution in [0.5, 0.6) is 0 Å². The summed E-state index contributed by atoms with van der Waals surface area (Å²) in [4.78, 5) is 11.3. The number of aliphatic hydroxyl groups is 1. The van der Waals surface area contributed by atoms with Crippen molar-refractivity contribution in [3.8, 4) is 0 Å². The van der Waals surface area contributed by atoms with Crippen LogP contribution in [0.2, 0.25) is 0 Å². The molecule has 17 heavy (non-hydrogen) atoms. The second-order valence-corrected chi connectivity index (χ2v) is 5.78. The molecule has 0 amide bonds. The fraction of sp³-hybridized carbons (Fsp3) is 0.364. The van der Waals surface area contributed by atoms with Gasteiger partial charge in [-0.1, -0.05) is 65.1 Å². The Kier molecular flexibility index (Phi) is 5.53. The van der Waals surface area contributed by atoms with Crippen LogP contribution in [0.1, 0.15) is 12.0 Å². The van der Waals surface area contributed by atoms with Crippen LogP contribution in [0.3, 0.4) is 0 Å². The summed E-state index contributed by atoms with van der Waals surface area (Å²) in [6.07, 6.45) is -1.74. The molecule has 0 aromatic heterocycles. The number of ether oxygens (including phenoxy) is 1. The standard InChI is InChI=1S/C11H11Cl3O3/c12-11(13,14)9(15)6-10(16)17-7-8-4-2-1-3-5-8/h1-5,9,15H,6-7H2/t9-/m1/s1. The molecule has 0 radical (unpaired) electrons. The van der Waals surface area contributed by atoms with Crippen LogP contribution in [-0.2, 0) is 16.1 Å². The van der Waals surface area contributed by atoms with E-state index in [-0.39, 0.29) is 13.0 Å². The van der Waals surface area contributed by atoms with Crippen molar-refractivity contribution in [3.05, 3.63) is 35.9 Å². The maximum absolute atomic E-state index is 11.3. The highest BCUT2D eigenvalue weighted by molar-refractivity contribution is 6.68. The van der Waals surface area contributed by atoms with Crippen molar-refractivity contribution in [1.29, 1.82) is 0 Å². The predicted octanol–water partition coefficient (Wildman–Crippen LogP) is 2.85. The van der Waals surface area contributed by atoms with Gasteiger partial charge >= 0.3 is 5.97 Å². The quantitative estimate of drug-likeness (QED) is 0.686. The lowest BCUT2D eigenvalue weighted by Crippen LogP contribution is -2.28. The van der Waals surface area contributed by atoms with Crippen molar-refractivity contribution in [1.82, 2.24) is 0 Å². The van der Waals surface area contributed by atoms with Crippen molar-refractivity contribution in [2.24, 2.45) is 0 Å². The summed E-state index contributed by atoms with van der Waals surface area (Å²) in [7, 11) is 0. The van der Waals surface area contributed by atoms with Gasteiger partial charge in [-0.15, -0.1) is 0 Å². The van der Waals surface area contributed by atoms with E-state index in [9.17, 15) is 9.90 Å². The number of halogens is 3. The van der Waals surface area contributed by atoms with E-state index >= 15 is 0 Å². The Morgan fingerprint density at radius 3 is 2.41 bits per heavy atom. The van der Waals surface area contributed by atoms with Gasteiger partial charge in [-0.2, -0.15) is 0 Å². The molecule has 1 atom stereocenters. The second-order valence-electron chi connectivity index (χ2n) is 3.41. The van der Waals surface area contributed by atoms with Crippen LogP contribution < -0.4 is 0 Å². The first kappa shape index (κ1) is 14.6. The number of benzene rings is 1. The first-order valence-electron chi connectivity index (χ1n) is 4.84. The SMILES string of the molecule is O=C(C[C@@H](O)C(Cl)(Cl)Cl)OCc1ccccc1. The van der Waals surface area contributed by atoms with Crippen LogP contribution >= 0.6 is 34.8 Å². The van der Waals surface area contributed by atoms with E-state index in [4.69, 9.17) is 39.5 Å². The van der Waals surface area contributed by atoms with Crippen LogP contribution in [0.25, 0.3) is 0 Å². The highest BCUT2D eigenvalue weighted by atomic mass is 35.6. The van der Waals surface area contributed by atoms with E-state index in [1.807, 2.05) is 30.3 Å². The molecule has 0 heterocycles. The topological polar surface area (TPSA) is 46.5 Å². The Morgan fingerprint density at radius 2 is 1.88 bits per heavy atom. The van der Waals surface area contributed by atoms with Gasteiger partial charge in [0.15, 0.2) is 0 Å². The van der Waals surface area contributed by atoms with Crippen molar-refractivity contribution in [3.63, 3.8) is 0 Å². The zero-order valence-electron chi connectivity index (χ0n) is 8.78. The van der Waals surface area contributed by atoms with Gasteiger partial charge in [0, 0.05) is 0 Å². The molecule has 1 N–H and O–H groups in total. The Hall–Kier alpha value is -0.480. The zero-order valence-corrected chi connectivity index (χ0v) is 11.0. The fourth-order valence-electron chi connectivity index (χ4n) is 1.07. The summed E-state index contributed by atoms with van der Waals surface area (Å²) in [5, 5.41) is 9.36. The van der Waals surface area contributed by atoms with E-state index in [2.05, 4.69) is 0 Å². The van der Waals surface area contributed by atoms with Gasteiger partial charge < -0.3 is 9.84 Å². The van der Waals surface area contributed by atoms with Gasteiger partial charge in [-0.05, 0) is 5.56 Å². The van der Waals surface area contributed by atoms with E-state index < -0.39 is 15.9 Å². The third-order valence-corrected chi connectivity index (χ3v) is 2.74. The van der Waals surface area contributed by atoms with Crippen molar-refractivity contribution in [2.75, 3.05) is 0 Å². The lowest BCUT2D eigenvalue weighted by atomic mass is 10.2. The van der Waals surface area contributed by atoms with Crippen molar-refractivity contribution >= 4 is 40.8 Å². The molecule has 1 rings (SSSR count). The first-order valence-corrected chi connectivity index (χ1v) is 5.97. The molecule has 1 aromatic carbocycles. The summed E-state index contributed by atoms with van der Waals surface area (Å²) in [6.45, 7) is 0.131. The second kappa shape index (κ2) is 6.45. The maximum atomic E-state index is 11.3. The fourth-order valence-corrected chi connectivity index (χ4v) is 1.30. The highest BCUT2D eigenvalue weighted by Crippen LogP contribution is 2.31. The van der Waals surface area contributed by atoms with Crippen LogP contribution in [-0.4, -0.2) is 21.0 Å². The summed E-state index contributed by atoms with van der Waals surface area (Å²) >= 11 is 16.3. The molecule has 6 heteroatoms. The Balaban J connectivity index is 2.36. The Labute approximate surface area is 114 Å². The summed E-state index contributed by atoms with van der Waals surface area (Å²) < 4.78 is 3.04. The number of rotatable bonds is 4. The highest BCUT2D eigenvalue weighted by Gasteiger charge is 2.32. The number of alkyl halides is 3. The summed E-state index contributed by atoms with van der Waals surface area (Å²) in [5.74, 6) is -0.618. The molecule has 0 aliphatic carbocycles. The molecular formula is C11H11Cl3O3. The van der Waals surface area contributed by atoms with Gasteiger partial charge in [0.2, 0.25) is 3.79 Å². The van der Waals surface area contributed by atoms with Crippen LogP contribution in [0, 0.1) is 0 Å². The smallest absolute Gasteiger partial charge is 0.308 e. The Morgan fingerprint density at radius 1 is 1.29 bits per heavy atom. The molecule has 0 saturated heterocycles. The lowest BCUT2D eigenvalue weighted by Gasteiger charge is -2.17. The third kappa shape index (κ3) is 5.59. The lowest BCUT2D eigenvalue weighted by molar-refractivity contribution is -0.147. The van der Waals surface area contributed by atoms with Gasteiger partial charge in [0.05, 0.1) is 6.42 Å². The van der Waals surface area contributed by atoms with Gasteiger partial charge in [-0.25, -0.2) is 0 Å². The molecule has 0 bridgehead atoms. The minimum atomic E-state index is -1.88. The van der Waals surface area contributed by atoms with E-state index in [0.29, 0.717) is 0 Å². The van der Waals surface area contributed by atoms with Crippen LogP contribution in [0.4, 0.5) is 0 Å². The molecule has 0 unspecified atom stereocenters. The number of carbonyl (C=O) groups is 1. The van der Waals surface area contributed by atoms with E-state index in [0.717, 1.165) is 5.56 Å². The maximum Gasteiger partial charge on any atom is 0.308 e. The number of hydrogen-bond acceptors (Lipinski definition) is 3. The molecule has 0 fully saturated rings. The Bertz CT molecular complexity index is 362. The van der Waals surface area contributed by atoms with Crippen LogP contribution in [0.15, 0.2) is 30.3 Å². The number of carbonyl (C=O) groups excluding carboxylic acids is 1. The minimum absolute atomic E-state index is 0.131. The van der Waals surface area contributed by atoms with Gasteiger partial charge in [-0.3, -0.25) is 4.79 Å². The average molecular weight is 298 g/mol.